The number of amides is 2. The molecule has 17 heavy (non-hydrogen) atoms. The van der Waals surface area contributed by atoms with Gasteiger partial charge in [-0.1, -0.05) is 13.3 Å². The molecule has 1 unspecified atom stereocenters. The van der Waals surface area contributed by atoms with Gasteiger partial charge in [0.15, 0.2) is 0 Å². The Morgan fingerprint density at radius 1 is 1.41 bits per heavy atom. The zero-order valence-corrected chi connectivity index (χ0v) is 10.6. The zero-order chi connectivity index (χ0) is 13.1. The van der Waals surface area contributed by atoms with Gasteiger partial charge in [0.05, 0.1) is 13.2 Å². The van der Waals surface area contributed by atoms with E-state index < -0.39 is 5.91 Å². The number of ether oxygens (including phenoxy) is 1. The molecule has 0 aliphatic rings. The van der Waals surface area contributed by atoms with Gasteiger partial charge in [-0.05, 0) is 13.3 Å². The number of carbonyl (C=O) groups is 2. The Labute approximate surface area is 102 Å². The van der Waals surface area contributed by atoms with Gasteiger partial charge in [-0.2, -0.15) is 0 Å². The molecular weight excluding hydrogens is 222 g/mol. The van der Waals surface area contributed by atoms with Crippen molar-refractivity contribution in [3.8, 4) is 0 Å². The summed E-state index contributed by atoms with van der Waals surface area (Å²) < 4.78 is 4.93. The summed E-state index contributed by atoms with van der Waals surface area (Å²) in [6.07, 6.45) is 2.03. The Balaban J connectivity index is 3.36. The van der Waals surface area contributed by atoms with Gasteiger partial charge in [0, 0.05) is 12.6 Å². The van der Waals surface area contributed by atoms with Crippen LogP contribution in [-0.2, 0) is 14.3 Å². The predicted molar refractivity (Wildman–Crippen MR) is 65.4 cm³/mol. The molecule has 0 bridgehead atoms. The second kappa shape index (κ2) is 10.0. The van der Waals surface area contributed by atoms with Crippen LogP contribution in [0.2, 0.25) is 0 Å². The number of primary amides is 1. The summed E-state index contributed by atoms with van der Waals surface area (Å²) in [5.41, 5.74) is 4.89. The first kappa shape index (κ1) is 15.9. The standard InChI is InChI=1S/C11H23N3O3/c1-3-4-9(2)14-11(16)7-13-5-6-17-8-10(12)15/h9,13H,3-8H2,1-2H3,(H2,12,15)(H,14,16). The maximum Gasteiger partial charge on any atom is 0.243 e. The normalized spacial score (nSPS) is 12.1. The fraction of sp³-hybridized carbons (Fsp3) is 0.818. The van der Waals surface area contributed by atoms with E-state index in [2.05, 4.69) is 17.6 Å². The number of hydrogen-bond donors (Lipinski definition) is 3. The summed E-state index contributed by atoms with van der Waals surface area (Å²) in [6.45, 7) is 5.12. The lowest BCUT2D eigenvalue weighted by molar-refractivity contribution is -0.123. The van der Waals surface area contributed by atoms with Gasteiger partial charge in [0.2, 0.25) is 11.8 Å². The third-order valence-electron chi connectivity index (χ3n) is 2.08. The van der Waals surface area contributed by atoms with Crippen molar-refractivity contribution in [1.29, 1.82) is 0 Å². The van der Waals surface area contributed by atoms with E-state index in [1.807, 2.05) is 6.92 Å². The zero-order valence-electron chi connectivity index (χ0n) is 10.6. The smallest absolute Gasteiger partial charge is 0.243 e. The minimum atomic E-state index is -0.490. The Bertz CT molecular complexity index is 234. The number of nitrogens with two attached hydrogens (primary N) is 1. The fourth-order valence-corrected chi connectivity index (χ4v) is 1.35. The second-order valence-corrected chi connectivity index (χ2v) is 3.95. The predicted octanol–water partition coefficient (Wildman–Crippen LogP) is -0.617. The topological polar surface area (TPSA) is 93.4 Å². The van der Waals surface area contributed by atoms with Crippen LogP contribution in [-0.4, -0.2) is 44.2 Å². The van der Waals surface area contributed by atoms with Crippen molar-refractivity contribution in [2.24, 2.45) is 5.73 Å². The molecule has 0 aliphatic heterocycles. The first-order valence-corrected chi connectivity index (χ1v) is 5.92. The van der Waals surface area contributed by atoms with Crippen molar-refractivity contribution >= 4 is 11.8 Å². The lowest BCUT2D eigenvalue weighted by Crippen LogP contribution is -2.39. The summed E-state index contributed by atoms with van der Waals surface area (Å²) in [5, 5.41) is 5.79. The van der Waals surface area contributed by atoms with E-state index in [1.165, 1.54) is 0 Å². The molecule has 0 fully saturated rings. The summed E-state index contributed by atoms with van der Waals surface area (Å²) >= 11 is 0. The summed E-state index contributed by atoms with van der Waals surface area (Å²) in [4.78, 5) is 21.7. The van der Waals surface area contributed by atoms with Crippen molar-refractivity contribution in [2.75, 3.05) is 26.3 Å². The number of rotatable bonds is 10. The SMILES string of the molecule is CCCC(C)NC(=O)CNCCOCC(N)=O. The van der Waals surface area contributed by atoms with Crippen LogP contribution >= 0.6 is 0 Å². The number of carbonyl (C=O) groups excluding carboxylic acids is 2. The molecular formula is C11H23N3O3. The number of nitrogens with one attached hydrogen (secondary N) is 2. The molecule has 0 aromatic rings. The summed E-state index contributed by atoms with van der Waals surface area (Å²) in [7, 11) is 0. The molecule has 0 heterocycles. The quantitative estimate of drug-likeness (QED) is 0.447. The van der Waals surface area contributed by atoms with Gasteiger partial charge in [0.25, 0.3) is 0 Å². The van der Waals surface area contributed by atoms with E-state index in [4.69, 9.17) is 10.5 Å². The molecule has 0 aliphatic carbocycles. The van der Waals surface area contributed by atoms with Gasteiger partial charge in [-0.25, -0.2) is 0 Å². The van der Waals surface area contributed by atoms with Crippen molar-refractivity contribution in [3.05, 3.63) is 0 Å². The van der Waals surface area contributed by atoms with E-state index in [0.29, 0.717) is 13.2 Å². The minimum absolute atomic E-state index is 0.0270. The van der Waals surface area contributed by atoms with Crippen molar-refractivity contribution in [2.45, 2.75) is 32.7 Å². The molecule has 2 amide bonds. The number of hydrogen-bond acceptors (Lipinski definition) is 4. The second-order valence-electron chi connectivity index (χ2n) is 3.95. The van der Waals surface area contributed by atoms with Crippen LogP contribution in [0, 0.1) is 0 Å². The van der Waals surface area contributed by atoms with Crippen LogP contribution in [0.15, 0.2) is 0 Å². The van der Waals surface area contributed by atoms with Gasteiger partial charge < -0.3 is 21.1 Å². The van der Waals surface area contributed by atoms with Crippen molar-refractivity contribution in [1.82, 2.24) is 10.6 Å². The van der Waals surface area contributed by atoms with Crippen LogP contribution in [0.4, 0.5) is 0 Å². The molecule has 0 saturated carbocycles. The van der Waals surface area contributed by atoms with E-state index in [-0.39, 0.29) is 25.1 Å². The van der Waals surface area contributed by atoms with Crippen LogP contribution in [0.1, 0.15) is 26.7 Å². The van der Waals surface area contributed by atoms with Gasteiger partial charge in [-0.3, -0.25) is 9.59 Å². The van der Waals surface area contributed by atoms with E-state index in [0.717, 1.165) is 12.8 Å². The molecule has 4 N–H and O–H groups in total. The largest absolute Gasteiger partial charge is 0.370 e. The third kappa shape index (κ3) is 11.1. The molecule has 100 valence electrons. The highest BCUT2D eigenvalue weighted by Crippen LogP contribution is 1.93. The van der Waals surface area contributed by atoms with Gasteiger partial charge in [-0.15, -0.1) is 0 Å². The average Bonchev–Trinajstić information content (AvgIpc) is 2.23. The van der Waals surface area contributed by atoms with Crippen molar-refractivity contribution < 1.29 is 14.3 Å². The highest BCUT2D eigenvalue weighted by Gasteiger charge is 2.05. The van der Waals surface area contributed by atoms with E-state index >= 15 is 0 Å². The summed E-state index contributed by atoms with van der Waals surface area (Å²) in [5.74, 6) is -0.517. The molecule has 0 rings (SSSR count). The Hall–Kier alpha value is -1.14. The molecule has 1 atom stereocenters. The van der Waals surface area contributed by atoms with Crippen LogP contribution in [0.25, 0.3) is 0 Å². The fourth-order valence-electron chi connectivity index (χ4n) is 1.35. The molecule has 6 nitrogen and oxygen atoms in total. The maximum absolute atomic E-state index is 11.4. The first-order chi connectivity index (χ1) is 8.06. The maximum atomic E-state index is 11.4. The molecule has 0 saturated heterocycles. The average molecular weight is 245 g/mol. The Kier molecular flexibility index (Phi) is 9.37. The lowest BCUT2D eigenvalue weighted by Gasteiger charge is -2.13. The van der Waals surface area contributed by atoms with Gasteiger partial charge in [0.1, 0.15) is 6.61 Å². The first-order valence-electron chi connectivity index (χ1n) is 5.92. The third-order valence-corrected chi connectivity index (χ3v) is 2.08. The molecule has 0 radical (unpaired) electrons. The molecule has 0 aromatic heterocycles. The molecule has 0 aromatic carbocycles. The van der Waals surface area contributed by atoms with E-state index in [1.54, 1.807) is 0 Å². The Morgan fingerprint density at radius 3 is 2.71 bits per heavy atom. The van der Waals surface area contributed by atoms with Crippen molar-refractivity contribution in [3.63, 3.8) is 0 Å². The molecule has 6 heteroatoms. The monoisotopic (exact) mass is 245 g/mol. The van der Waals surface area contributed by atoms with Crippen LogP contribution < -0.4 is 16.4 Å². The van der Waals surface area contributed by atoms with Gasteiger partial charge >= 0.3 is 0 Å². The molecule has 0 spiro atoms. The summed E-state index contributed by atoms with van der Waals surface area (Å²) in [6, 6.07) is 0.209. The minimum Gasteiger partial charge on any atom is -0.370 e. The van der Waals surface area contributed by atoms with Crippen LogP contribution in [0.3, 0.4) is 0 Å². The highest BCUT2D eigenvalue weighted by atomic mass is 16.5. The van der Waals surface area contributed by atoms with E-state index in [9.17, 15) is 9.59 Å². The highest BCUT2D eigenvalue weighted by molar-refractivity contribution is 5.78. The van der Waals surface area contributed by atoms with Crippen LogP contribution in [0.5, 0.6) is 0 Å². The lowest BCUT2D eigenvalue weighted by atomic mass is 10.2. The Morgan fingerprint density at radius 2 is 2.12 bits per heavy atom.